The largest absolute Gasteiger partial charge is 0.333 e. The van der Waals surface area contributed by atoms with Gasteiger partial charge < -0.3 is 10.2 Å². The Morgan fingerprint density at radius 2 is 2.28 bits per heavy atom. The van der Waals surface area contributed by atoms with Crippen LogP contribution in [-0.4, -0.2) is 36.5 Å². The van der Waals surface area contributed by atoms with E-state index in [1.165, 1.54) is 18.2 Å². The summed E-state index contributed by atoms with van der Waals surface area (Å²) in [5.41, 5.74) is 0.0863. The van der Waals surface area contributed by atoms with Gasteiger partial charge in [0.05, 0.1) is 5.56 Å². The predicted octanol–water partition coefficient (Wildman–Crippen LogP) is 2.33. The van der Waals surface area contributed by atoms with Gasteiger partial charge in [0, 0.05) is 30.7 Å². The number of rotatable bonds is 1. The van der Waals surface area contributed by atoms with Crippen LogP contribution < -0.4 is 5.32 Å². The van der Waals surface area contributed by atoms with Gasteiger partial charge in [-0.3, -0.25) is 4.79 Å². The molecule has 0 spiro atoms. The fraction of sp³-hybridized carbons (Fsp3) is 0.417. The van der Waals surface area contributed by atoms with E-state index in [9.17, 15) is 9.18 Å². The maximum atomic E-state index is 13.6. The first-order valence-electron chi connectivity index (χ1n) is 5.56. The molecule has 0 radical (unpaired) electrons. The Labute approximate surface area is 117 Å². The number of hydrogen-bond donors (Lipinski definition) is 1. The normalized spacial score (nSPS) is 19.3. The smallest absolute Gasteiger partial charge is 0.257 e. The Balaban J connectivity index is 0.00000162. The van der Waals surface area contributed by atoms with Crippen molar-refractivity contribution < 1.29 is 9.18 Å². The second kappa shape index (κ2) is 6.36. The highest BCUT2D eigenvalue weighted by Gasteiger charge is 2.25. The number of nitrogens with one attached hydrogen (secondary N) is 1. The van der Waals surface area contributed by atoms with Crippen molar-refractivity contribution in [1.29, 1.82) is 0 Å². The summed E-state index contributed by atoms with van der Waals surface area (Å²) >= 11 is 5.66. The van der Waals surface area contributed by atoms with Crippen LogP contribution in [0.3, 0.4) is 0 Å². The van der Waals surface area contributed by atoms with Gasteiger partial charge in [0.2, 0.25) is 0 Å². The number of carbonyl (C=O) groups is 1. The van der Waals surface area contributed by atoms with Crippen LogP contribution in [0.15, 0.2) is 18.2 Å². The molecule has 1 fully saturated rings. The number of benzene rings is 1. The van der Waals surface area contributed by atoms with Crippen LogP contribution in [0, 0.1) is 5.82 Å². The van der Waals surface area contributed by atoms with E-state index < -0.39 is 5.82 Å². The Morgan fingerprint density at radius 3 is 2.89 bits per heavy atom. The maximum absolute atomic E-state index is 13.6. The van der Waals surface area contributed by atoms with Crippen LogP contribution in [0.5, 0.6) is 0 Å². The molecule has 100 valence electrons. The van der Waals surface area contributed by atoms with Crippen molar-refractivity contribution in [2.75, 3.05) is 19.6 Å². The summed E-state index contributed by atoms with van der Waals surface area (Å²) in [5.74, 6) is -0.832. The first-order chi connectivity index (χ1) is 8.09. The first-order valence-corrected chi connectivity index (χ1v) is 5.94. The Kier molecular flexibility index (Phi) is 5.38. The molecule has 0 bridgehead atoms. The van der Waals surface area contributed by atoms with Crippen LogP contribution in [0.4, 0.5) is 4.39 Å². The zero-order valence-electron chi connectivity index (χ0n) is 9.95. The average molecular weight is 293 g/mol. The Morgan fingerprint density at radius 1 is 1.56 bits per heavy atom. The third kappa shape index (κ3) is 3.13. The maximum Gasteiger partial charge on any atom is 0.257 e. The zero-order valence-corrected chi connectivity index (χ0v) is 11.5. The lowest BCUT2D eigenvalue weighted by molar-refractivity contribution is 0.0651. The van der Waals surface area contributed by atoms with E-state index in [2.05, 4.69) is 5.32 Å². The molecule has 1 saturated heterocycles. The molecule has 0 unspecified atom stereocenters. The summed E-state index contributed by atoms with van der Waals surface area (Å²) in [6.07, 6.45) is 0. The summed E-state index contributed by atoms with van der Waals surface area (Å²) in [5, 5.41) is 3.48. The second-order valence-electron chi connectivity index (χ2n) is 4.18. The van der Waals surface area contributed by atoms with E-state index in [0.717, 1.165) is 13.1 Å². The Hall–Kier alpha value is -0.840. The predicted molar refractivity (Wildman–Crippen MR) is 72.0 cm³/mol. The van der Waals surface area contributed by atoms with E-state index in [4.69, 9.17) is 11.6 Å². The molecule has 2 rings (SSSR count). The van der Waals surface area contributed by atoms with Crippen molar-refractivity contribution in [3.05, 3.63) is 34.6 Å². The third-order valence-electron chi connectivity index (χ3n) is 2.92. The van der Waals surface area contributed by atoms with Crippen molar-refractivity contribution in [3.63, 3.8) is 0 Å². The third-order valence-corrected chi connectivity index (χ3v) is 3.16. The topological polar surface area (TPSA) is 32.3 Å². The molecule has 1 atom stereocenters. The second-order valence-corrected chi connectivity index (χ2v) is 4.61. The molecule has 1 amide bonds. The van der Waals surface area contributed by atoms with E-state index >= 15 is 0 Å². The van der Waals surface area contributed by atoms with Crippen molar-refractivity contribution in [1.82, 2.24) is 10.2 Å². The molecule has 0 aromatic heterocycles. The lowest BCUT2D eigenvalue weighted by Gasteiger charge is -2.34. The van der Waals surface area contributed by atoms with Gasteiger partial charge in [-0.25, -0.2) is 4.39 Å². The highest BCUT2D eigenvalue weighted by molar-refractivity contribution is 6.30. The van der Waals surface area contributed by atoms with Crippen LogP contribution in [0.2, 0.25) is 5.02 Å². The molecule has 0 aliphatic carbocycles. The van der Waals surface area contributed by atoms with Crippen molar-refractivity contribution in [3.8, 4) is 0 Å². The SMILES string of the molecule is C[C@@H]1CNCCN1C(=O)c1ccc(Cl)cc1F.Cl. The molecule has 1 heterocycles. The zero-order chi connectivity index (χ0) is 12.4. The van der Waals surface area contributed by atoms with Gasteiger partial charge in [0.15, 0.2) is 0 Å². The summed E-state index contributed by atoms with van der Waals surface area (Å²) in [6.45, 7) is 4.02. The summed E-state index contributed by atoms with van der Waals surface area (Å²) in [6, 6.07) is 4.22. The molecular formula is C12H15Cl2FN2O. The molecule has 6 heteroatoms. The van der Waals surface area contributed by atoms with E-state index in [1.54, 1.807) is 4.90 Å². The number of halogens is 3. The average Bonchev–Trinajstić information content (AvgIpc) is 2.29. The minimum absolute atomic E-state index is 0. The van der Waals surface area contributed by atoms with Gasteiger partial charge in [0.1, 0.15) is 5.82 Å². The number of amides is 1. The fourth-order valence-electron chi connectivity index (χ4n) is 1.96. The number of nitrogens with zero attached hydrogens (tertiary/aromatic N) is 1. The summed E-state index contributed by atoms with van der Waals surface area (Å²) in [4.78, 5) is 13.8. The standard InChI is InChI=1S/C12H14ClFN2O.ClH/c1-8-7-15-4-5-16(8)12(17)10-3-2-9(13)6-11(10)14;/h2-3,6,8,15H,4-5,7H2,1H3;1H/t8-;/m1./s1. The summed E-state index contributed by atoms with van der Waals surface area (Å²) in [7, 11) is 0. The molecular weight excluding hydrogens is 278 g/mol. The van der Waals surface area contributed by atoms with Gasteiger partial charge in [0.25, 0.3) is 5.91 Å². The van der Waals surface area contributed by atoms with Crippen molar-refractivity contribution >= 4 is 29.9 Å². The highest BCUT2D eigenvalue weighted by atomic mass is 35.5. The highest BCUT2D eigenvalue weighted by Crippen LogP contribution is 2.17. The first kappa shape index (κ1) is 15.2. The molecule has 18 heavy (non-hydrogen) atoms. The van der Waals surface area contributed by atoms with Gasteiger partial charge in [-0.05, 0) is 25.1 Å². The van der Waals surface area contributed by atoms with Crippen molar-refractivity contribution in [2.24, 2.45) is 0 Å². The molecule has 0 saturated carbocycles. The van der Waals surface area contributed by atoms with Crippen LogP contribution in [0.25, 0.3) is 0 Å². The van der Waals surface area contributed by atoms with E-state index in [0.29, 0.717) is 11.6 Å². The van der Waals surface area contributed by atoms with Gasteiger partial charge in [-0.15, -0.1) is 12.4 Å². The number of hydrogen-bond acceptors (Lipinski definition) is 2. The fourth-order valence-corrected chi connectivity index (χ4v) is 2.12. The minimum atomic E-state index is -0.562. The van der Waals surface area contributed by atoms with E-state index in [1.807, 2.05) is 6.92 Å². The lowest BCUT2D eigenvalue weighted by atomic mass is 10.1. The van der Waals surface area contributed by atoms with E-state index in [-0.39, 0.29) is 29.9 Å². The van der Waals surface area contributed by atoms with Gasteiger partial charge >= 0.3 is 0 Å². The molecule has 1 aromatic rings. The minimum Gasteiger partial charge on any atom is -0.333 e. The Bertz CT molecular complexity index is 442. The van der Waals surface area contributed by atoms with Crippen LogP contribution in [0.1, 0.15) is 17.3 Å². The van der Waals surface area contributed by atoms with Gasteiger partial charge in [-0.1, -0.05) is 11.6 Å². The summed E-state index contributed by atoms with van der Waals surface area (Å²) < 4.78 is 13.6. The number of carbonyl (C=O) groups excluding carboxylic acids is 1. The lowest BCUT2D eigenvalue weighted by Crippen LogP contribution is -2.52. The van der Waals surface area contributed by atoms with Gasteiger partial charge in [-0.2, -0.15) is 0 Å². The van der Waals surface area contributed by atoms with Crippen LogP contribution in [-0.2, 0) is 0 Å². The monoisotopic (exact) mass is 292 g/mol. The van der Waals surface area contributed by atoms with Crippen molar-refractivity contribution in [2.45, 2.75) is 13.0 Å². The molecule has 1 N–H and O–H groups in total. The molecule has 1 aromatic carbocycles. The quantitative estimate of drug-likeness (QED) is 0.862. The number of piperazine rings is 1. The molecule has 1 aliphatic rings. The molecule has 1 aliphatic heterocycles. The molecule has 3 nitrogen and oxygen atoms in total. The van der Waals surface area contributed by atoms with Crippen LogP contribution >= 0.6 is 24.0 Å².